The zero-order valence-corrected chi connectivity index (χ0v) is 15.2. The van der Waals surface area contributed by atoms with Gasteiger partial charge in [-0.15, -0.1) is 11.3 Å². The van der Waals surface area contributed by atoms with Crippen LogP contribution in [0.25, 0.3) is 10.1 Å². The van der Waals surface area contributed by atoms with Crippen molar-refractivity contribution in [3.05, 3.63) is 59.5 Å². The Morgan fingerprint density at radius 3 is 2.41 bits per heavy atom. The molecule has 0 radical (unpaired) electrons. The molecule has 2 N–H and O–H groups in total. The Kier molecular flexibility index (Phi) is 5.11. The Hall–Kier alpha value is -2.59. The number of carbonyl (C=O) groups is 1. The van der Waals surface area contributed by atoms with Gasteiger partial charge in [-0.25, -0.2) is 8.42 Å². The highest BCUT2D eigenvalue weighted by Gasteiger charge is 2.28. The standard InChI is InChI=1S/C17H13F3N2O3S2/c18-17(19,20)10-21-16(23)11-1-4-14(5-2-11)27(24,25)22-13-3-6-15-12(9-13)7-8-26-15/h1-9,22H,10H2,(H,21,23). The van der Waals surface area contributed by atoms with Crippen LogP contribution in [0, 0.1) is 0 Å². The largest absolute Gasteiger partial charge is 0.405 e. The summed E-state index contributed by atoms with van der Waals surface area (Å²) in [5.41, 5.74) is 0.311. The summed E-state index contributed by atoms with van der Waals surface area (Å²) in [6.07, 6.45) is -4.52. The van der Waals surface area contributed by atoms with Gasteiger partial charge in [-0.3, -0.25) is 9.52 Å². The van der Waals surface area contributed by atoms with Crippen molar-refractivity contribution in [2.45, 2.75) is 11.1 Å². The molecular formula is C17H13F3N2O3S2. The van der Waals surface area contributed by atoms with Gasteiger partial charge in [-0.05, 0) is 59.3 Å². The van der Waals surface area contributed by atoms with Gasteiger partial charge in [0, 0.05) is 16.0 Å². The van der Waals surface area contributed by atoms with Crippen LogP contribution in [-0.4, -0.2) is 27.0 Å². The number of fused-ring (bicyclic) bond motifs is 1. The molecule has 0 bridgehead atoms. The summed E-state index contributed by atoms with van der Waals surface area (Å²) in [6.45, 7) is -1.46. The van der Waals surface area contributed by atoms with Gasteiger partial charge in [0.1, 0.15) is 6.54 Å². The van der Waals surface area contributed by atoms with Crippen LogP contribution in [0.3, 0.4) is 0 Å². The third-order valence-corrected chi connectivity index (χ3v) is 5.88. The van der Waals surface area contributed by atoms with Crippen LogP contribution in [0.2, 0.25) is 0 Å². The van der Waals surface area contributed by atoms with Crippen molar-refractivity contribution in [1.82, 2.24) is 5.32 Å². The number of sulfonamides is 1. The molecule has 142 valence electrons. The lowest BCUT2D eigenvalue weighted by Gasteiger charge is -2.10. The number of halogens is 3. The van der Waals surface area contributed by atoms with E-state index in [0.29, 0.717) is 5.69 Å². The number of carbonyl (C=O) groups excluding carboxylic acids is 1. The van der Waals surface area contributed by atoms with Gasteiger partial charge in [0.25, 0.3) is 15.9 Å². The predicted molar refractivity (Wildman–Crippen MR) is 97.5 cm³/mol. The summed E-state index contributed by atoms with van der Waals surface area (Å²) in [6, 6.07) is 11.6. The van der Waals surface area contributed by atoms with Gasteiger partial charge >= 0.3 is 6.18 Å². The first-order valence-electron chi connectivity index (χ1n) is 7.59. The molecule has 0 unspecified atom stereocenters. The Morgan fingerprint density at radius 1 is 1.04 bits per heavy atom. The molecule has 1 aromatic heterocycles. The zero-order valence-electron chi connectivity index (χ0n) is 13.6. The molecule has 0 fully saturated rings. The number of anilines is 1. The van der Waals surface area contributed by atoms with Crippen LogP contribution in [0.15, 0.2) is 58.8 Å². The Labute approximate surface area is 156 Å². The highest BCUT2D eigenvalue weighted by molar-refractivity contribution is 7.92. The molecule has 0 aliphatic carbocycles. The number of amides is 1. The minimum atomic E-state index is -4.52. The van der Waals surface area contributed by atoms with Gasteiger partial charge in [-0.2, -0.15) is 13.2 Å². The minimum Gasteiger partial charge on any atom is -0.343 e. The summed E-state index contributed by atoms with van der Waals surface area (Å²) in [5.74, 6) is -0.938. The van der Waals surface area contributed by atoms with E-state index < -0.39 is 28.7 Å². The SMILES string of the molecule is O=C(NCC(F)(F)F)c1ccc(S(=O)(=O)Nc2ccc3sccc3c2)cc1. The van der Waals surface area contributed by atoms with Crippen molar-refractivity contribution < 1.29 is 26.4 Å². The predicted octanol–water partition coefficient (Wildman–Crippen LogP) is 3.99. The van der Waals surface area contributed by atoms with Gasteiger partial charge in [0.2, 0.25) is 0 Å². The number of benzene rings is 2. The van der Waals surface area contributed by atoms with Crippen LogP contribution in [-0.2, 0) is 10.0 Å². The summed E-state index contributed by atoms with van der Waals surface area (Å²) in [4.78, 5) is 11.6. The average molecular weight is 414 g/mol. The quantitative estimate of drug-likeness (QED) is 0.663. The lowest BCUT2D eigenvalue weighted by atomic mass is 10.2. The Morgan fingerprint density at radius 2 is 1.74 bits per heavy atom. The van der Waals surface area contributed by atoms with E-state index in [1.54, 1.807) is 23.5 Å². The van der Waals surface area contributed by atoms with Crippen LogP contribution in [0.5, 0.6) is 0 Å². The smallest absolute Gasteiger partial charge is 0.343 e. The van der Waals surface area contributed by atoms with E-state index in [9.17, 15) is 26.4 Å². The monoisotopic (exact) mass is 414 g/mol. The van der Waals surface area contributed by atoms with Crippen molar-refractivity contribution in [1.29, 1.82) is 0 Å². The van der Waals surface area contributed by atoms with Gasteiger partial charge in [0.15, 0.2) is 0 Å². The highest BCUT2D eigenvalue weighted by Crippen LogP contribution is 2.25. The van der Waals surface area contributed by atoms with Gasteiger partial charge in [0.05, 0.1) is 4.90 Å². The number of nitrogens with one attached hydrogen (secondary N) is 2. The van der Waals surface area contributed by atoms with Crippen molar-refractivity contribution in [2.75, 3.05) is 11.3 Å². The first-order chi connectivity index (χ1) is 12.6. The van der Waals surface area contributed by atoms with Crippen molar-refractivity contribution in [2.24, 2.45) is 0 Å². The van der Waals surface area contributed by atoms with E-state index >= 15 is 0 Å². The minimum absolute atomic E-state index is 0.0714. The molecule has 0 atom stereocenters. The second-order valence-electron chi connectivity index (χ2n) is 5.60. The number of thiophene rings is 1. The second kappa shape index (κ2) is 7.20. The number of hydrogen-bond acceptors (Lipinski definition) is 4. The van der Waals surface area contributed by atoms with Crippen molar-refractivity contribution in [3.63, 3.8) is 0 Å². The summed E-state index contributed by atoms with van der Waals surface area (Å²) in [7, 11) is -3.90. The summed E-state index contributed by atoms with van der Waals surface area (Å²) >= 11 is 1.53. The fourth-order valence-electron chi connectivity index (χ4n) is 2.31. The van der Waals surface area contributed by atoms with E-state index in [2.05, 4.69) is 4.72 Å². The first kappa shape index (κ1) is 19.2. The van der Waals surface area contributed by atoms with E-state index in [4.69, 9.17) is 0 Å². The molecule has 27 heavy (non-hydrogen) atoms. The maximum atomic E-state index is 12.5. The van der Waals surface area contributed by atoms with Crippen LogP contribution in [0.1, 0.15) is 10.4 Å². The third kappa shape index (κ3) is 4.77. The van der Waals surface area contributed by atoms with E-state index in [0.717, 1.165) is 34.4 Å². The topological polar surface area (TPSA) is 75.3 Å². The van der Waals surface area contributed by atoms with Gasteiger partial charge in [-0.1, -0.05) is 0 Å². The fraction of sp³-hybridized carbons (Fsp3) is 0.118. The number of hydrogen-bond donors (Lipinski definition) is 2. The average Bonchev–Trinajstić information content (AvgIpc) is 3.06. The molecule has 0 saturated carbocycles. The molecule has 0 saturated heterocycles. The zero-order chi connectivity index (χ0) is 19.7. The lowest BCUT2D eigenvalue weighted by molar-refractivity contribution is -0.123. The van der Waals surface area contributed by atoms with Crippen LogP contribution in [0.4, 0.5) is 18.9 Å². The Balaban J connectivity index is 1.73. The molecule has 0 aliphatic rings. The molecule has 1 amide bonds. The highest BCUT2D eigenvalue weighted by atomic mass is 32.2. The normalized spacial score (nSPS) is 12.1. The summed E-state index contributed by atoms with van der Waals surface area (Å²) < 4.78 is 64.8. The first-order valence-corrected chi connectivity index (χ1v) is 9.95. The molecule has 5 nitrogen and oxygen atoms in total. The molecule has 10 heteroatoms. The fourth-order valence-corrected chi connectivity index (χ4v) is 4.13. The maximum Gasteiger partial charge on any atom is 0.405 e. The van der Waals surface area contributed by atoms with E-state index in [1.165, 1.54) is 11.3 Å². The molecule has 0 aliphatic heterocycles. The van der Waals surface area contributed by atoms with E-state index in [1.807, 2.05) is 11.4 Å². The van der Waals surface area contributed by atoms with Crippen molar-refractivity contribution in [3.8, 4) is 0 Å². The lowest BCUT2D eigenvalue weighted by Crippen LogP contribution is -2.33. The summed E-state index contributed by atoms with van der Waals surface area (Å²) in [5, 5.41) is 4.52. The second-order valence-corrected chi connectivity index (χ2v) is 8.23. The molecule has 3 rings (SSSR count). The molecule has 3 aromatic rings. The van der Waals surface area contributed by atoms with Gasteiger partial charge < -0.3 is 5.32 Å². The Bertz CT molecular complexity index is 1070. The number of alkyl halides is 3. The third-order valence-electron chi connectivity index (χ3n) is 3.58. The van der Waals surface area contributed by atoms with Crippen molar-refractivity contribution >= 4 is 43.0 Å². The van der Waals surface area contributed by atoms with Crippen LogP contribution < -0.4 is 10.0 Å². The van der Waals surface area contributed by atoms with E-state index in [-0.39, 0.29) is 10.5 Å². The number of rotatable bonds is 5. The molecule has 0 spiro atoms. The molecule has 1 heterocycles. The molecule has 2 aromatic carbocycles. The molecular weight excluding hydrogens is 401 g/mol. The van der Waals surface area contributed by atoms with Crippen LogP contribution >= 0.6 is 11.3 Å². The maximum absolute atomic E-state index is 12.5.